The van der Waals surface area contributed by atoms with Crippen molar-refractivity contribution in [3.05, 3.63) is 65.7 Å². The normalized spacial score (nSPS) is 12.6. The zero-order valence-electron chi connectivity index (χ0n) is 15.1. The first-order valence-electron chi connectivity index (χ1n) is 8.24. The monoisotopic (exact) mass is 328 g/mol. The first-order valence-corrected chi connectivity index (χ1v) is 8.24. The van der Waals surface area contributed by atoms with Crippen LogP contribution in [-0.2, 0) is 11.3 Å². The molecule has 0 radical (unpaired) electrons. The SMILES string of the molecule is COc1cccc(C(OCCN(C)Cc2ccccc2)N(C)C)c1. The number of benzene rings is 2. The van der Waals surface area contributed by atoms with E-state index in [0.717, 1.165) is 24.4 Å². The van der Waals surface area contributed by atoms with Crippen molar-refractivity contribution in [2.45, 2.75) is 12.8 Å². The van der Waals surface area contributed by atoms with Crippen LogP contribution in [0, 0.1) is 0 Å². The highest BCUT2D eigenvalue weighted by Crippen LogP contribution is 2.23. The van der Waals surface area contributed by atoms with Crippen LogP contribution in [0.5, 0.6) is 5.75 Å². The summed E-state index contributed by atoms with van der Waals surface area (Å²) in [6, 6.07) is 18.5. The van der Waals surface area contributed by atoms with Crippen molar-refractivity contribution >= 4 is 0 Å². The molecule has 0 aliphatic heterocycles. The van der Waals surface area contributed by atoms with E-state index in [-0.39, 0.29) is 6.23 Å². The van der Waals surface area contributed by atoms with Crippen molar-refractivity contribution < 1.29 is 9.47 Å². The standard InChI is InChI=1S/C20H28N2O2/c1-21(2)20(18-11-8-12-19(15-18)23-4)24-14-13-22(3)16-17-9-6-5-7-10-17/h5-12,15,20H,13-14,16H2,1-4H3. The Bertz CT molecular complexity index is 602. The van der Waals surface area contributed by atoms with E-state index in [9.17, 15) is 0 Å². The second kappa shape index (κ2) is 9.42. The summed E-state index contributed by atoms with van der Waals surface area (Å²) in [6.45, 7) is 2.47. The van der Waals surface area contributed by atoms with Gasteiger partial charge in [-0.05, 0) is 44.4 Å². The molecule has 2 aromatic carbocycles. The van der Waals surface area contributed by atoms with Crippen LogP contribution < -0.4 is 4.74 Å². The van der Waals surface area contributed by atoms with Crippen LogP contribution in [-0.4, -0.2) is 51.2 Å². The van der Waals surface area contributed by atoms with Gasteiger partial charge in [0.15, 0.2) is 0 Å². The van der Waals surface area contributed by atoms with E-state index in [4.69, 9.17) is 9.47 Å². The molecule has 0 bridgehead atoms. The lowest BCUT2D eigenvalue weighted by molar-refractivity contribution is -0.0443. The quantitative estimate of drug-likeness (QED) is 0.659. The summed E-state index contributed by atoms with van der Waals surface area (Å²) in [5, 5.41) is 0. The van der Waals surface area contributed by atoms with E-state index in [1.807, 2.05) is 38.4 Å². The summed E-state index contributed by atoms with van der Waals surface area (Å²) < 4.78 is 11.4. The van der Waals surface area contributed by atoms with Crippen LogP contribution in [0.1, 0.15) is 17.4 Å². The maximum absolute atomic E-state index is 6.13. The molecule has 24 heavy (non-hydrogen) atoms. The van der Waals surface area contributed by atoms with E-state index in [0.29, 0.717) is 6.61 Å². The van der Waals surface area contributed by atoms with Gasteiger partial charge in [-0.15, -0.1) is 0 Å². The topological polar surface area (TPSA) is 24.9 Å². The minimum absolute atomic E-state index is 0.0785. The van der Waals surface area contributed by atoms with Gasteiger partial charge in [-0.2, -0.15) is 0 Å². The van der Waals surface area contributed by atoms with Gasteiger partial charge < -0.3 is 9.47 Å². The molecule has 0 saturated carbocycles. The first kappa shape index (κ1) is 18.5. The molecule has 0 saturated heterocycles. The highest BCUT2D eigenvalue weighted by atomic mass is 16.5. The predicted octanol–water partition coefficient (Wildman–Crippen LogP) is 3.40. The van der Waals surface area contributed by atoms with Crippen LogP contribution in [0.2, 0.25) is 0 Å². The summed E-state index contributed by atoms with van der Waals surface area (Å²) in [5.74, 6) is 0.851. The number of ether oxygens (including phenoxy) is 2. The molecule has 0 aliphatic carbocycles. The molecule has 1 unspecified atom stereocenters. The molecule has 130 valence electrons. The average Bonchev–Trinajstić information content (AvgIpc) is 2.59. The van der Waals surface area contributed by atoms with Gasteiger partial charge >= 0.3 is 0 Å². The van der Waals surface area contributed by atoms with Gasteiger partial charge in [0.25, 0.3) is 0 Å². The summed E-state index contributed by atoms with van der Waals surface area (Å²) in [6.07, 6.45) is -0.0785. The van der Waals surface area contributed by atoms with Gasteiger partial charge in [-0.1, -0.05) is 42.5 Å². The maximum Gasteiger partial charge on any atom is 0.136 e. The number of nitrogens with zero attached hydrogens (tertiary/aromatic N) is 2. The first-order chi connectivity index (χ1) is 11.6. The summed E-state index contributed by atoms with van der Waals surface area (Å²) in [7, 11) is 7.85. The lowest BCUT2D eigenvalue weighted by Gasteiger charge is -2.26. The Hall–Kier alpha value is -1.88. The smallest absolute Gasteiger partial charge is 0.136 e. The van der Waals surface area contributed by atoms with Crippen LogP contribution in [0.4, 0.5) is 0 Å². The number of rotatable bonds is 9. The Balaban J connectivity index is 1.87. The van der Waals surface area contributed by atoms with Crippen LogP contribution >= 0.6 is 0 Å². The minimum Gasteiger partial charge on any atom is -0.497 e. The Morgan fingerprint density at radius 3 is 2.38 bits per heavy atom. The van der Waals surface area contributed by atoms with Gasteiger partial charge in [0.05, 0.1) is 13.7 Å². The van der Waals surface area contributed by atoms with Gasteiger partial charge in [-0.3, -0.25) is 9.80 Å². The van der Waals surface area contributed by atoms with Gasteiger partial charge in [-0.25, -0.2) is 0 Å². The molecule has 0 aliphatic rings. The minimum atomic E-state index is -0.0785. The lowest BCUT2D eigenvalue weighted by atomic mass is 10.2. The number of methoxy groups -OCH3 is 1. The molecule has 2 aromatic rings. The molecule has 0 N–H and O–H groups in total. The van der Waals surface area contributed by atoms with Gasteiger partial charge in [0.1, 0.15) is 12.0 Å². The summed E-state index contributed by atoms with van der Waals surface area (Å²) in [4.78, 5) is 4.35. The maximum atomic E-state index is 6.13. The summed E-state index contributed by atoms with van der Waals surface area (Å²) >= 11 is 0. The summed E-state index contributed by atoms with van der Waals surface area (Å²) in [5.41, 5.74) is 2.42. The van der Waals surface area contributed by atoms with Crippen molar-refractivity contribution in [2.24, 2.45) is 0 Å². The Morgan fingerprint density at radius 1 is 0.958 bits per heavy atom. The molecule has 0 fully saturated rings. The van der Waals surface area contributed by atoms with E-state index in [1.54, 1.807) is 7.11 Å². The van der Waals surface area contributed by atoms with E-state index >= 15 is 0 Å². The van der Waals surface area contributed by atoms with Crippen molar-refractivity contribution in [2.75, 3.05) is 41.4 Å². The second-order valence-corrected chi connectivity index (χ2v) is 6.19. The predicted molar refractivity (Wildman–Crippen MR) is 98.2 cm³/mol. The van der Waals surface area contributed by atoms with Crippen molar-refractivity contribution in [1.29, 1.82) is 0 Å². The van der Waals surface area contributed by atoms with E-state index < -0.39 is 0 Å². The fourth-order valence-electron chi connectivity index (χ4n) is 2.63. The third-order valence-electron chi connectivity index (χ3n) is 3.89. The lowest BCUT2D eigenvalue weighted by Crippen LogP contribution is -2.28. The van der Waals surface area contributed by atoms with Gasteiger partial charge in [0.2, 0.25) is 0 Å². The second-order valence-electron chi connectivity index (χ2n) is 6.19. The molecule has 0 amide bonds. The van der Waals surface area contributed by atoms with E-state index in [2.05, 4.69) is 47.2 Å². The third-order valence-corrected chi connectivity index (χ3v) is 3.89. The fraction of sp³-hybridized carbons (Fsp3) is 0.400. The third kappa shape index (κ3) is 5.64. The van der Waals surface area contributed by atoms with Crippen molar-refractivity contribution in [3.63, 3.8) is 0 Å². The zero-order valence-corrected chi connectivity index (χ0v) is 15.1. The number of hydrogen-bond acceptors (Lipinski definition) is 4. The molecule has 0 spiro atoms. The van der Waals surface area contributed by atoms with Crippen LogP contribution in [0.3, 0.4) is 0 Å². The molecule has 1 atom stereocenters. The molecular formula is C20H28N2O2. The molecule has 4 nitrogen and oxygen atoms in total. The fourth-order valence-corrected chi connectivity index (χ4v) is 2.63. The van der Waals surface area contributed by atoms with E-state index in [1.165, 1.54) is 5.56 Å². The van der Waals surface area contributed by atoms with Gasteiger partial charge in [0, 0.05) is 13.1 Å². The molecule has 0 heterocycles. The van der Waals surface area contributed by atoms with Crippen molar-refractivity contribution in [3.8, 4) is 5.75 Å². The zero-order chi connectivity index (χ0) is 17.4. The molecule has 0 aromatic heterocycles. The number of likely N-dealkylation sites (N-methyl/N-ethyl adjacent to an activating group) is 1. The Labute approximate surface area is 145 Å². The Morgan fingerprint density at radius 2 is 1.71 bits per heavy atom. The average molecular weight is 328 g/mol. The van der Waals surface area contributed by atoms with Crippen LogP contribution in [0.15, 0.2) is 54.6 Å². The highest BCUT2D eigenvalue weighted by Gasteiger charge is 2.15. The molecule has 4 heteroatoms. The molecule has 2 rings (SSSR count). The van der Waals surface area contributed by atoms with Crippen molar-refractivity contribution in [1.82, 2.24) is 9.80 Å². The molecular weight excluding hydrogens is 300 g/mol. The highest BCUT2D eigenvalue weighted by molar-refractivity contribution is 5.29. The van der Waals surface area contributed by atoms with Crippen LogP contribution in [0.25, 0.3) is 0 Å². The number of hydrogen-bond donors (Lipinski definition) is 0. The largest absolute Gasteiger partial charge is 0.497 e. The Kier molecular flexibility index (Phi) is 7.25.